The zero-order valence-corrected chi connectivity index (χ0v) is 10.2. The lowest BCUT2D eigenvalue weighted by atomic mass is 10.5. The number of aromatic amines is 1. The average molecular weight is 255 g/mol. The van der Waals surface area contributed by atoms with Gasteiger partial charge in [-0.25, -0.2) is 8.42 Å². The maximum absolute atomic E-state index is 12.1. The zero-order chi connectivity index (χ0) is 12.9. The Kier molecular flexibility index (Phi) is 4.43. The van der Waals surface area contributed by atoms with E-state index in [2.05, 4.69) is 4.98 Å². The molecule has 1 aromatic heterocycles. The first-order chi connectivity index (χ1) is 8.04. The van der Waals surface area contributed by atoms with Crippen molar-refractivity contribution in [2.75, 3.05) is 13.1 Å². The molecule has 1 rings (SSSR count). The van der Waals surface area contributed by atoms with Crippen LogP contribution in [0.4, 0.5) is 0 Å². The molecule has 0 bridgehead atoms. The van der Waals surface area contributed by atoms with Crippen LogP contribution < -0.4 is 5.43 Å². The number of nitrogens with one attached hydrogen (secondary N) is 1. The lowest BCUT2D eigenvalue weighted by molar-refractivity contribution is 0.434. The second-order valence-electron chi connectivity index (χ2n) is 3.28. The average Bonchev–Trinajstić information content (AvgIpc) is 2.30. The van der Waals surface area contributed by atoms with Gasteiger partial charge in [0.25, 0.3) is 0 Å². The van der Waals surface area contributed by atoms with E-state index in [9.17, 15) is 13.2 Å². The van der Waals surface area contributed by atoms with Crippen LogP contribution in [0.3, 0.4) is 0 Å². The molecule has 0 aliphatic heterocycles. The summed E-state index contributed by atoms with van der Waals surface area (Å²) in [5.41, 5.74) is -0.556. The minimum Gasteiger partial charge on any atom is -0.366 e. The summed E-state index contributed by atoms with van der Waals surface area (Å²) < 4.78 is 25.3. The summed E-state index contributed by atoms with van der Waals surface area (Å²) in [4.78, 5) is 13.7. The van der Waals surface area contributed by atoms with Crippen molar-refractivity contribution in [2.45, 2.75) is 18.2 Å². The second kappa shape index (κ2) is 5.61. The van der Waals surface area contributed by atoms with Crippen molar-refractivity contribution in [3.63, 3.8) is 0 Å². The van der Waals surface area contributed by atoms with Gasteiger partial charge < -0.3 is 4.98 Å². The van der Waals surface area contributed by atoms with Crippen LogP contribution in [0.1, 0.15) is 13.3 Å². The highest BCUT2D eigenvalue weighted by Gasteiger charge is 2.24. The number of hydrogen-bond acceptors (Lipinski definition) is 4. The Labute approximate surface area is 99.6 Å². The fourth-order valence-electron chi connectivity index (χ4n) is 1.36. The van der Waals surface area contributed by atoms with Crippen LogP contribution in [0, 0.1) is 11.3 Å². The minimum atomic E-state index is -3.82. The number of sulfonamides is 1. The van der Waals surface area contributed by atoms with Crippen molar-refractivity contribution in [1.29, 1.82) is 5.26 Å². The van der Waals surface area contributed by atoms with E-state index in [4.69, 9.17) is 5.26 Å². The van der Waals surface area contributed by atoms with Gasteiger partial charge in [0.1, 0.15) is 4.90 Å². The molecule has 1 N–H and O–H groups in total. The van der Waals surface area contributed by atoms with Gasteiger partial charge in [0.2, 0.25) is 15.5 Å². The Hall–Kier alpha value is -1.65. The standard InChI is InChI=1S/C10H13N3O3S/c1-2-13(7-3-5-11)17(15,16)10-8-12-6-4-9(10)14/h4,6,8H,2-3,7H2,1H3,(H,12,14). The fraction of sp³-hybridized carbons (Fsp3) is 0.400. The molecule has 1 aromatic rings. The lowest BCUT2D eigenvalue weighted by Gasteiger charge is -2.18. The first kappa shape index (κ1) is 13.4. The van der Waals surface area contributed by atoms with E-state index in [0.717, 1.165) is 16.6 Å². The van der Waals surface area contributed by atoms with Gasteiger partial charge in [0.05, 0.1) is 6.07 Å². The van der Waals surface area contributed by atoms with Crippen LogP contribution in [0.25, 0.3) is 0 Å². The Morgan fingerprint density at radius 1 is 1.53 bits per heavy atom. The minimum absolute atomic E-state index is 0.0870. The lowest BCUT2D eigenvalue weighted by Crippen LogP contribution is -2.34. The molecule has 0 unspecified atom stereocenters. The van der Waals surface area contributed by atoms with Crippen LogP contribution in [-0.2, 0) is 10.0 Å². The van der Waals surface area contributed by atoms with Gasteiger partial charge >= 0.3 is 0 Å². The summed E-state index contributed by atoms with van der Waals surface area (Å²) in [7, 11) is -3.82. The van der Waals surface area contributed by atoms with E-state index in [1.165, 1.54) is 6.20 Å². The first-order valence-electron chi connectivity index (χ1n) is 5.08. The molecule has 0 aliphatic carbocycles. The Balaban J connectivity index is 3.15. The Morgan fingerprint density at radius 3 is 2.76 bits per heavy atom. The summed E-state index contributed by atoms with van der Waals surface area (Å²) in [5.74, 6) is 0. The van der Waals surface area contributed by atoms with Crippen LogP contribution in [0.15, 0.2) is 28.2 Å². The summed E-state index contributed by atoms with van der Waals surface area (Å²) >= 11 is 0. The van der Waals surface area contributed by atoms with Gasteiger partial charge in [-0.15, -0.1) is 0 Å². The van der Waals surface area contributed by atoms with Gasteiger partial charge in [-0.05, 0) is 0 Å². The molecule has 0 spiro atoms. The van der Waals surface area contributed by atoms with Crippen LogP contribution >= 0.6 is 0 Å². The smallest absolute Gasteiger partial charge is 0.248 e. The summed E-state index contributed by atoms with van der Waals surface area (Å²) in [6, 6.07) is 3.04. The van der Waals surface area contributed by atoms with Gasteiger partial charge in [-0.1, -0.05) is 6.92 Å². The number of aromatic nitrogens is 1. The zero-order valence-electron chi connectivity index (χ0n) is 9.38. The monoisotopic (exact) mass is 255 g/mol. The molecule has 0 amide bonds. The first-order valence-corrected chi connectivity index (χ1v) is 6.52. The molecular weight excluding hydrogens is 242 g/mol. The third kappa shape index (κ3) is 2.93. The molecule has 7 heteroatoms. The predicted molar refractivity (Wildman–Crippen MR) is 61.7 cm³/mol. The van der Waals surface area contributed by atoms with Crippen molar-refractivity contribution in [3.8, 4) is 6.07 Å². The summed E-state index contributed by atoms with van der Waals surface area (Å²) in [6.45, 7) is 1.97. The van der Waals surface area contributed by atoms with Crippen LogP contribution in [0.5, 0.6) is 0 Å². The van der Waals surface area contributed by atoms with Crippen molar-refractivity contribution in [2.24, 2.45) is 0 Å². The molecule has 0 aliphatic rings. The molecular formula is C10H13N3O3S. The fourth-order valence-corrected chi connectivity index (χ4v) is 2.85. The molecule has 0 saturated carbocycles. The molecule has 0 fully saturated rings. The number of hydrogen-bond donors (Lipinski definition) is 1. The normalized spacial score (nSPS) is 11.4. The number of nitriles is 1. The highest BCUT2D eigenvalue weighted by molar-refractivity contribution is 7.89. The SMILES string of the molecule is CCN(CCC#N)S(=O)(=O)c1c[nH]ccc1=O. The van der Waals surface area contributed by atoms with Gasteiger partial charge in [0, 0.05) is 38.0 Å². The maximum Gasteiger partial charge on any atom is 0.248 e. The van der Waals surface area contributed by atoms with E-state index < -0.39 is 15.5 Å². The molecule has 0 atom stereocenters. The van der Waals surface area contributed by atoms with E-state index in [0.29, 0.717) is 0 Å². The summed E-state index contributed by atoms with van der Waals surface area (Å²) in [6.07, 6.45) is 2.62. The Morgan fingerprint density at radius 2 is 2.24 bits per heavy atom. The van der Waals surface area contributed by atoms with Gasteiger partial charge in [-0.2, -0.15) is 9.57 Å². The van der Waals surface area contributed by atoms with Crippen molar-refractivity contribution in [3.05, 3.63) is 28.7 Å². The summed E-state index contributed by atoms with van der Waals surface area (Å²) in [5, 5.41) is 8.46. The van der Waals surface area contributed by atoms with E-state index in [1.54, 1.807) is 6.92 Å². The molecule has 0 radical (unpaired) electrons. The number of pyridine rings is 1. The number of rotatable bonds is 5. The van der Waals surface area contributed by atoms with E-state index in [1.807, 2.05) is 6.07 Å². The van der Waals surface area contributed by atoms with Crippen molar-refractivity contribution < 1.29 is 8.42 Å². The molecule has 92 valence electrons. The van der Waals surface area contributed by atoms with Crippen LogP contribution in [-0.4, -0.2) is 30.8 Å². The predicted octanol–water partition coefficient (Wildman–Crippen LogP) is 0.299. The van der Waals surface area contributed by atoms with Gasteiger partial charge in [0.15, 0.2) is 0 Å². The third-order valence-corrected chi connectivity index (χ3v) is 4.23. The molecule has 0 saturated heterocycles. The molecule has 6 nitrogen and oxygen atoms in total. The number of nitrogens with zero attached hydrogens (tertiary/aromatic N) is 2. The van der Waals surface area contributed by atoms with Gasteiger partial charge in [-0.3, -0.25) is 4.79 Å². The van der Waals surface area contributed by atoms with Crippen molar-refractivity contribution >= 4 is 10.0 Å². The third-order valence-electron chi connectivity index (χ3n) is 2.23. The van der Waals surface area contributed by atoms with E-state index in [-0.39, 0.29) is 24.4 Å². The maximum atomic E-state index is 12.1. The molecule has 1 heterocycles. The van der Waals surface area contributed by atoms with Crippen LogP contribution in [0.2, 0.25) is 0 Å². The number of H-pyrrole nitrogens is 1. The van der Waals surface area contributed by atoms with E-state index >= 15 is 0 Å². The highest BCUT2D eigenvalue weighted by Crippen LogP contribution is 2.10. The second-order valence-corrected chi connectivity index (χ2v) is 5.18. The largest absolute Gasteiger partial charge is 0.366 e. The topological polar surface area (TPSA) is 94.0 Å². The molecule has 17 heavy (non-hydrogen) atoms. The Bertz CT molecular complexity index is 571. The highest BCUT2D eigenvalue weighted by atomic mass is 32.2. The quantitative estimate of drug-likeness (QED) is 0.818. The van der Waals surface area contributed by atoms with Crippen molar-refractivity contribution in [1.82, 2.24) is 9.29 Å². The molecule has 0 aromatic carbocycles.